The van der Waals surface area contributed by atoms with E-state index in [2.05, 4.69) is 20.4 Å². The van der Waals surface area contributed by atoms with Crippen LogP contribution >= 0.6 is 23.4 Å². The standard InChI is InChI=1S/C19H25ClN6O3S/c20-15-2-4-16(5-3-15)29-14-17-22-23-19-26(17)25(10-13-30-19)18(27)21-6-1-7-24-8-11-28-12-9-24/h2-5H,1,6-14H2,(H,21,27). The Kier molecular flexibility index (Phi) is 7.32. The number of halogens is 1. The second kappa shape index (κ2) is 10.3. The number of urea groups is 1. The normalized spacial score (nSPS) is 16.9. The number of thioether (sulfide) groups is 1. The van der Waals surface area contributed by atoms with Crippen LogP contribution in [0.2, 0.25) is 5.02 Å². The number of carbonyl (C=O) groups is 1. The molecule has 9 nitrogen and oxygen atoms in total. The molecule has 0 spiro atoms. The van der Waals surface area contributed by atoms with Gasteiger partial charge in [0, 0.05) is 30.4 Å². The molecule has 0 radical (unpaired) electrons. The van der Waals surface area contributed by atoms with Crippen molar-refractivity contribution in [1.29, 1.82) is 0 Å². The topological polar surface area (TPSA) is 84.8 Å². The van der Waals surface area contributed by atoms with Gasteiger partial charge in [0.25, 0.3) is 0 Å². The van der Waals surface area contributed by atoms with E-state index >= 15 is 0 Å². The first-order chi connectivity index (χ1) is 14.7. The third kappa shape index (κ3) is 5.37. The number of hydrogen-bond acceptors (Lipinski definition) is 7. The third-order valence-electron chi connectivity index (χ3n) is 4.90. The van der Waals surface area contributed by atoms with Gasteiger partial charge < -0.3 is 14.8 Å². The number of nitrogens with one attached hydrogen (secondary N) is 1. The zero-order chi connectivity index (χ0) is 20.8. The van der Waals surface area contributed by atoms with E-state index in [1.54, 1.807) is 45.7 Å². The first-order valence-corrected chi connectivity index (χ1v) is 11.4. The molecular weight excluding hydrogens is 428 g/mol. The number of rotatable bonds is 7. The molecule has 1 aromatic carbocycles. The van der Waals surface area contributed by atoms with Crippen molar-refractivity contribution in [2.75, 3.05) is 56.7 Å². The second-order valence-electron chi connectivity index (χ2n) is 6.96. The van der Waals surface area contributed by atoms with Gasteiger partial charge in [-0.2, -0.15) is 0 Å². The number of carbonyl (C=O) groups excluding carboxylic acids is 1. The summed E-state index contributed by atoms with van der Waals surface area (Å²) >= 11 is 7.49. The van der Waals surface area contributed by atoms with E-state index in [-0.39, 0.29) is 12.6 Å². The van der Waals surface area contributed by atoms with Crippen molar-refractivity contribution in [3.8, 4) is 5.75 Å². The average Bonchev–Trinajstić information content (AvgIpc) is 3.20. The van der Waals surface area contributed by atoms with Gasteiger partial charge in [0.1, 0.15) is 12.4 Å². The van der Waals surface area contributed by atoms with Crippen molar-refractivity contribution in [1.82, 2.24) is 25.1 Å². The first kappa shape index (κ1) is 21.2. The molecule has 0 aliphatic carbocycles. The van der Waals surface area contributed by atoms with Crippen molar-refractivity contribution in [2.45, 2.75) is 18.2 Å². The molecule has 162 valence electrons. The summed E-state index contributed by atoms with van der Waals surface area (Å²) in [5.74, 6) is 2.03. The van der Waals surface area contributed by atoms with E-state index in [4.69, 9.17) is 21.1 Å². The Labute approximate surface area is 184 Å². The summed E-state index contributed by atoms with van der Waals surface area (Å²) in [6.45, 7) is 5.85. The zero-order valence-corrected chi connectivity index (χ0v) is 18.2. The van der Waals surface area contributed by atoms with Crippen LogP contribution in [0, 0.1) is 0 Å². The molecule has 1 N–H and O–H groups in total. The van der Waals surface area contributed by atoms with Crippen LogP contribution in [0.1, 0.15) is 12.2 Å². The van der Waals surface area contributed by atoms with Crippen LogP contribution in [0.5, 0.6) is 5.75 Å². The van der Waals surface area contributed by atoms with Gasteiger partial charge in [-0.3, -0.25) is 4.90 Å². The SMILES string of the molecule is O=C(NCCCN1CCOCC1)N1CCSc2nnc(COc3ccc(Cl)cc3)n21. The summed E-state index contributed by atoms with van der Waals surface area (Å²) in [4.78, 5) is 15.2. The van der Waals surface area contributed by atoms with Gasteiger partial charge >= 0.3 is 6.03 Å². The fourth-order valence-corrected chi connectivity index (χ4v) is 4.32. The fourth-order valence-electron chi connectivity index (χ4n) is 3.33. The summed E-state index contributed by atoms with van der Waals surface area (Å²) < 4.78 is 12.9. The van der Waals surface area contributed by atoms with Gasteiger partial charge in [-0.25, -0.2) is 14.5 Å². The molecule has 3 heterocycles. The fraction of sp³-hybridized carbons (Fsp3) is 0.526. The van der Waals surface area contributed by atoms with E-state index in [1.807, 2.05) is 0 Å². The van der Waals surface area contributed by atoms with E-state index in [0.717, 1.165) is 45.0 Å². The van der Waals surface area contributed by atoms with Crippen LogP contribution in [-0.2, 0) is 11.3 Å². The molecule has 1 fully saturated rings. The summed E-state index contributed by atoms with van der Waals surface area (Å²) in [6.07, 6.45) is 0.899. The smallest absolute Gasteiger partial charge is 0.336 e. The first-order valence-electron chi connectivity index (χ1n) is 10.0. The van der Waals surface area contributed by atoms with Gasteiger partial charge in [-0.05, 0) is 37.2 Å². The van der Waals surface area contributed by atoms with Crippen molar-refractivity contribution in [3.05, 3.63) is 35.1 Å². The summed E-state index contributed by atoms with van der Waals surface area (Å²) in [5, 5.41) is 14.4. The van der Waals surface area contributed by atoms with Crippen molar-refractivity contribution in [3.63, 3.8) is 0 Å². The van der Waals surface area contributed by atoms with Crippen molar-refractivity contribution in [2.24, 2.45) is 0 Å². The van der Waals surface area contributed by atoms with Gasteiger partial charge in [0.15, 0.2) is 5.82 Å². The largest absolute Gasteiger partial charge is 0.486 e. The molecule has 0 bridgehead atoms. The van der Waals surface area contributed by atoms with E-state index in [0.29, 0.717) is 34.8 Å². The minimum Gasteiger partial charge on any atom is -0.486 e. The van der Waals surface area contributed by atoms with E-state index in [9.17, 15) is 4.79 Å². The molecule has 0 saturated carbocycles. The molecule has 2 aliphatic heterocycles. The Bertz CT molecular complexity index is 843. The van der Waals surface area contributed by atoms with Crippen LogP contribution < -0.4 is 15.1 Å². The highest BCUT2D eigenvalue weighted by molar-refractivity contribution is 7.99. The molecule has 2 amide bonds. The predicted octanol–water partition coefficient (Wildman–Crippen LogP) is 1.99. The summed E-state index contributed by atoms with van der Waals surface area (Å²) in [6, 6.07) is 6.98. The third-order valence-corrected chi connectivity index (χ3v) is 6.05. The summed E-state index contributed by atoms with van der Waals surface area (Å²) in [7, 11) is 0. The highest BCUT2D eigenvalue weighted by atomic mass is 35.5. The number of benzene rings is 1. The summed E-state index contributed by atoms with van der Waals surface area (Å²) in [5.41, 5.74) is 0. The lowest BCUT2D eigenvalue weighted by atomic mass is 10.3. The Balaban J connectivity index is 1.32. The number of aromatic nitrogens is 3. The van der Waals surface area contributed by atoms with Gasteiger partial charge in [0.2, 0.25) is 5.16 Å². The Morgan fingerprint density at radius 2 is 2.00 bits per heavy atom. The zero-order valence-electron chi connectivity index (χ0n) is 16.6. The van der Waals surface area contributed by atoms with Gasteiger partial charge in [-0.15, -0.1) is 10.2 Å². The average molecular weight is 453 g/mol. The molecule has 0 atom stereocenters. The molecular formula is C19H25ClN6O3S. The molecule has 11 heteroatoms. The predicted molar refractivity (Wildman–Crippen MR) is 115 cm³/mol. The highest BCUT2D eigenvalue weighted by Gasteiger charge is 2.27. The van der Waals surface area contributed by atoms with Crippen LogP contribution in [0.15, 0.2) is 29.4 Å². The molecule has 30 heavy (non-hydrogen) atoms. The molecule has 2 aromatic rings. The lowest BCUT2D eigenvalue weighted by molar-refractivity contribution is 0.0375. The molecule has 1 aromatic heterocycles. The van der Waals surface area contributed by atoms with Crippen LogP contribution in [0.25, 0.3) is 0 Å². The van der Waals surface area contributed by atoms with Gasteiger partial charge in [-0.1, -0.05) is 23.4 Å². The molecule has 2 aliphatic rings. The monoisotopic (exact) mass is 452 g/mol. The van der Waals surface area contributed by atoms with E-state index < -0.39 is 0 Å². The number of ether oxygens (including phenoxy) is 2. The number of amides is 2. The molecule has 0 unspecified atom stereocenters. The van der Waals surface area contributed by atoms with Crippen LogP contribution in [0.3, 0.4) is 0 Å². The number of nitrogens with zero attached hydrogens (tertiary/aromatic N) is 5. The Morgan fingerprint density at radius 3 is 2.80 bits per heavy atom. The molecule has 1 saturated heterocycles. The van der Waals surface area contributed by atoms with Crippen molar-refractivity contribution < 1.29 is 14.3 Å². The maximum atomic E-state index is 12.8. The lowest BCUT2D eigenvalue weighted by Crippen LogP contribution is -2.51. The number of fused-ring (bicyclic) bond motifs is 1. The number of hydrogen-bond donors (Lipinski definition) is 1. The van der Waals surface area contributed by atoms with E-state index in [1.165, 1.54) is 0 Å². The minimum atomic E-state index is -0.147. The highest BCUT2D eigenvalue weighted by Crippen LogP contribution is 2.23. The molecule has 4 rings (SSSR count). The van der Waals surface area contributed by atoms with Gasteiger partial charge in [0.05, 0.1) is 19.8 Å². The number of morpholine rings is 1. The Hall–Kier alpha value is -2.01. The van der Waals surface area contributed by atoms with Crippen molar-refractivity contribution >= 4 is 29.4 Å². The quantitative estimate of drug-likeness (QED) is 0.643. The van der Waals surface area contributed by atoms with Crippen LogP contribution in [0.4, 0.5) is 4.79 Å². The minimum absolute atomic E-state index is 0.147. The Morgan fingerprint density at radius 1 is 1.20 bits per heavy atom. The lowest BCUT2D eigenvalue weighted by Gasteiger charge is -2.29. The van der Waals surface area contributed by atoms with Crippen LogP contribution in [-0.4, -0.2) is 77.5 Å². The maximum Gasteiger partial charge on any atom is 0.336 e. The maximum absolute atomic E-state index is 12.8. The second-order valence-corrected chi connectivity index (χ2v) is 8.46.